The zero-order valence-corrected chi connectivity index (χ0v) is 7.93. The summed E-state index contributed by atoms with van der Waals surface area (Å²) in [6.45, 7) is 0. The molecule has 14 heavy (non-hydrogen) atoms. The van der Waals surface area contributed by atoms with Crippen molar-refractivity contribution in [3.63, 3.8) is 0 Å². The lowest BCUT2D eigenvalue weighted by Gasteiger charge is -2.48. The smallest absolute Gasteiger partial charge is 0.00899 e. The molecule has 5 rings (SSSR count). The van der Waals surface area contributed by atoms with Crippen molar-refractivity contribution in [2.75, 3.05) is 0 Å². The van der Waals surface area contributed by atoms with Crippen molar-refractivity contribution in [3.8, 4) is 0 Å². The average molecular weight is 180 g/mol. The molecule has 0 fully saturated rings. The second kappa shape index (κ2) is 2.20. The van der Waals surface area contributed by atoms with Gasteiger partial charge in [-0.1, -0.05) is 48.6 Å². The standard InChI is InChI=1S/C14H12/c1-2-4-10-9(3-1)11-5-6-12(10)14-8-7-13(11)14/h1-8,11-14H. The summed E-state index contributed by atoms with van der Waals surface area (Å²) in [4.78, 5) is 0. The summed E-state index contributed by atoms with van der Waals surface area (Å²) < 4.78 is 0. The monoisotopic (exact) mass is 180 g/mol. The summed E-state index contributed by atoms with van der Waals surface area (Å²) >= 11 is 0. The quantitative estimate of drug-likeness (QED) is 0.538. The Morgan fingerprint density at radius 1 is 0.643 bits per heavy atom. The number of rotatable bonds is 0. The van der Waals surface area contributed by atoms with Gasteiger partial charge in [0.2, 0.25) is 0 Å². The fourth-order valence-corrected chi connectivity index (χ4v) is 3.32. The van der Waals surface area contributed by atoms with Gasteiger partial charge in [0.25, 0.3) is 0 Å². The zero-order valence-electron chi connectivity index (χ0n) is 7.93. The fourth-order valence-electron chi connectivity index (χ4n) is 3.32. The summed E-state index contributed by atoms with van der Waals surface area (Å²) in [6.07, 6.45) is 9.61. The molecule has 0 spiro atoms. The van der Waals surface area contributed by atoms with Crippen LogP contribution in [0.5, 0.6) is 0 Å². The molecule has 0 amide bonds. The average Bonchev–Trinajstić information content (AvgIpc) is 2.19. The fraction of sp³-hybridized carbons (Fsp3) is 0.286. The van der Waals surface area contributed by atoms with Gasteiger partial charge >= 0.3 is 0 Å². The molecule has 0 heteroatoms. The normalized spacial score (nSPS) is 40.3. The Balaban J connectivity index is 2.00. The van der Waals surface area contributed by atoms with E-state index in [0.717, 1.165) is 11.8 Å². The van der Waals surface area contributed by atoms with Crippen molar-refractivity contribution in [3.05, 3.63) is 59.7 Å². The van der Waals surface area contributed by atoms with E-state index in [0.29, 0.717) is 11.8 Å². The predicted molar refractivity (Wildman–Crippen MR) is 57.2 cm³/mol. The molecule has 0 heterocycles. The lowest BCUT2D eigenvalue weighted by atomic mass is 9.55. The molecule has 1 aromatic rings. The molecule has 0 N–H and O–H groups in total. The molecule has 0 radical (unpaired) electrons. The molecule has 0 aliphatic heterocycles. The summed E-state index contributed by atoms with van der Waals surface area (Å²) in [5, 5.41) is 0. The second-order valence-electron chi connectivity index (χ2n) is 4.60. The van der Waals surface area contributed by atoms with E-state index in [-0.39, 0.29) is 0 Å². The molecule has 0 aromatic heterocycles. The van der Waals surface area contributed by atoms with Crippen molar-refractivity contribution in [2.45, 2.75) is 11.8 Å². The van der Waals surface area contributed by atoms with Gasteiger partial charge in [-0.05, 0) is 23.0 Å². The third-order valence-electron chi connectivity index (χ3n) is 4.07. The van der Waals surface area contributed by atoms with E-state index in [4.69, 9.17) is 0 Å². The third kappa shape index (κ3) is 0.639. The van der Waals surface area contributed by atoms with Crippen LogP contribution in [0.3, 0.4) is 0 Å². The number of allylic oxidation sites excluding steroid dienone is 4. The highest BCUT2D eigenvalue weighted by Gasteiger charge is 2.44. The minimum absolute atomic E-state index is 0.672. The van der Waals surface area contributed by atoms with E-state index < -0.39 is 0 Å². The SMILES string of the molecule is C1=CC2c3ccccc3C1C1C=CC21. The largest absolute Gasteiger partial charge is 0.0835 e. The molecule has 4 aliphatic rings. The summed E-state index contributed by atoms with van der Waals surface area (Å²) in [6, 6.07) is 8.95. The topological polar surface area (TPSA) is 0 Å². The first-order chi connectivity index (χ1) is 6.95. The van der Waals surface area contributed by atoms with Crippen molar-refractivity contribution in [2.24, 2.45) is 11.8 Å². The second-order valence-corrected chi connectivity index (χ2v) is 4.60. The highest BCUT2D eigenvalue weighted by atomic mass is 14.5. The van der Waals surface area contributed by atoms with Gasteiger partial charge in [0, 0.05) is 11.8 Å². The Labute approximate surface area is 84.0 Å². The Morgan fingerprint density at radius 3 is 1.57 bits per heavy atom. The molecule has 4 aliphatic carbocycles. The highest BCUT2D eigenvalue weighted by molar-refractivity contribution is 5.50. The maximum atomic E-state index is 2.41. The molecule has 68 valence electrons. The van der Waals surface area contributed by atoms with Crippen LogP contribution in [0, 0.1) is 11.8 Å². The van der Waals surface area contributed by atoms with Crippen LogP contribution in [0.25, 0.3) is 0 Å². The van der Waals surface area contributed by atoms with Gasteiger partial charge in [-0.3, -0.25) is 0 Å². The number of hydrogen-bond acceptors (Lipinski definition) is 0. The van der Waals surface area contributed by atoms with Crippen molar-refractivity contribution >= 4 is 0 Å². The van der Waals surface area contributed by atoms with Crippen LogP contribution >= 0.6 is 0 Å². The minimum Gasteiger partial charge on any atom is -0.0835 e. The zero-order chi connectivity index (χ0) is 9.12. The van der Waals surface area contributed by atoms with E-state index in [1.54, 1.807) is 11.1 Å². The highest BCUT2D eigenvalue weighted by Crippen LogP contribution is 2.56. The van der Waals surface area contributed by atoms with Crippen LogP contribution in [0.15, 0.2) is 48.6 Å². The molecular formula is C14H12. The maximum absolute atomic E-state index is 2.41. The Hall–Kier alpha value is -1.30. The van der Waals surface area contributed by atoms with Gasteiger partial charge in [-0.15, -0.1) is 0 Å². The van der Waals surface area contributed by atoms with Crippen LogP contribution in [0.2, 0.25) is 0 Å². The Bertz CT molecular complexity index is 412. The van der Waals surface area contributed by atoms with Crippen molar-refractivity contribution in [1.82, 2.24) is 0 Å². The van der Waals surface area contributed by atoms with Crippen molar-refractivity contribution in [1.29, 1.82) is 0 Å². The first kappa shape index (κ1) is 7.05. The molecule has 4 atom stereocenters. The van der Waals surface area contributed by atoms with E-state index >= 15 is 0 Å². The molecule has 0 saturated heterocycles. The van der Waals surface area contributed by atoms with Gasteiger partial charge in [-0.25, -0.2) is 0 Å². The van der Waals surface area contributed by atoms with Gasteiger partial charge in [0.15, 0.2) is 0 Å². The molecule has 1 aromatic carbocycles. The van der Waals surface area contributed by atoms with Gasteiger partial charge in [0.05, 0.1) is 0 Å². The Morgan fingerprint density at radius 2 is 1.14 bits per heavy atom. The summed E-state index contributed by atoms with van der Waals surface area (Å²) in [5.41, 5.74) is 3.15. The molecular weight excluding hydrogens is 168 g/mol. The van der Waals surface area contributed by atoms with E-state index in [1.165, 1.54) is 0 Å². The van der Waals surface area contributed by atoms with Crippen LogP contribution in [-0.4, -0.2) is 0 Å². The third-order valence-corrected chi connectivity index (χ3v) is 4.07. The maximum Gasteiger partial charge on any atom is 0.00899 e. The van der Waals surface area contributed by atoms with E-state index in [9.17, 15) is 0 Å². The number of hydrogen-bond donors (Lipinski definition) is 0. The molecule has 2 bridgehead atoms. The van der Waals surface area contributed by atoms with Gasteiger partial charge in [0.1, 0.15) is 0 Å². The van der Waals surface area contributed by atoms with Crippen molar-refractivity contribution < 1.29 is 0 Å². The first-order valence-corrected chi connectivity index (χ1v) is 5.40. The Kier molecular flexibility index (Phi) is 1.11. The van der Waals surface area contributed by atoms with Crippen LogP contribution in [0.4, 0.5) is 0 Å². The molecule has 4 unspecified atom stereocenters. The predicted octanol–water partition coefficient (Wildman–Crippen LogP) is 3.24. The van der Waals surface area contributed by atoms with Gasteiger partial charge < -0.3 is 0 Å². The summed E-state index contributed by atoms with van der Waals surface area (Å²) in [7, 11) is 0. The number of benzene rings is 1. The van der Waals surface area contributed by atoms with Gasteiger partial charge in [-0.2, -0.15) is 0 Å². The summed E-state index contributed by atoms with van der Waals surface area (Å²) in [5.74, 6) is 2.96. The van der Waals surface area contributed by atoms with Crippen LogP contribution < -0.4 is 0 Å². The first-order valence-electron chi connectivity index (χ1n) is 5.40. The van der Waals surface area contributed by atoms with Crippen LogP contribution in [0.1, 0.15) is 23.0 Å². The van der Waals surface area contributed by atoms with Crippen LogP contribution in [-0.2, 0) is 0 Å². The van der Waals surface area contributed by atoms with E-state index in [2.05, 4.69) is 48.6 Å². The van der Waals surface area contributed by atoms with E-state index in [1.807, 2.05) is 0 Å². The lowest BCUT2D eigenvalue weighted by Crippen LogP contribution is -2.37. The molecule has 0 nitrogen and oxygen atoms in total. The molecule has 0 saturated carbocycles. The lowest BCUT2D eigenvalue weighted by molar-refractivity contribution is 0.317. The minimum atomic E-state index is 0.672.